The molecule has 4 N–H and O–H groups in total. The number of hydrogen-bond acceptors (Lipinski definition) is 4. The second-order valence-electron chi connectivity index (χ2n) is 1.24. The van der Waals surface area contributed by atoms with E-state index in [1.807, 2.05) is 0 Å². The van der Waals surface area contributed by atoms with E-state index >= 15 is 0 Å². The van der Waals surface area contributed by atoms with Gasteiger partial charge < -0.3 is 9.39 Å². The molecule has 76 valence electrons. The van der Waals surface area contributed by atoms with Gasteiger partial charge in [-0.3, -0.25) is 13.7 Å². The van der Waals surface area contributed by atoms with Crippen molar-refractivity contribution in [3.05, 3.63) is 0 Å². The fourth-order valence-corrected chi connectivity index (χ4v) is 0.346. The van der Waals surface area contributed by atoms with Gasteiger partial charge in [-0.15, -0.1) is 0 Å². The first kappa shape index (κ1) is 30.2. The minimum absolute atomic E-state index is 0. The molecule has 0 unspecified atom stereocenters. The second-order valence-corrected chi connectivity index (χ2v) is 3.27. The van der Waals surface area contributed by atoms with E-state index in [0.29, 0.717) is 0 Å². The summed E-state index contributed by atoms with van der Waals surface area (Å²) >= 11 is -2.61. The van der Waals surface area contributed by atoms with Crippen LogP contribution < -0.4 is 88.7 Å². The molecule has 7 nitrogen and oxygen atoms in total. The standard InChI is InChI=1S/C2H6O4S.3Na.H2O3S.3H/c3-1-2-7(4,5)6;;;;1-4(2)3;;;/h3H,1-2H2,(H,4,5,6);;;;(H2,1,2,3);;;/q;3*+1;;3*-1. The molecule has 0 saturated carbocycles. The predicted molar refractivity (Wildman–Crippen MR) is 40.2 cm³/mol. The molecule has 14 heavy (non-hydrogen) atoms. The Balaban J connectivity index is -0.0000000125. The average molecular weight is 280 g/mol. The van der Waals surface area contributed by atoms with Crippen LogP contribution in [0.25, 0.3) is 0 Å². The molecule has 0 spiro atoms. The summed E-state index contributed by atoms with van der Waals surface area (Å²) in [5.41, 5.74) is 0. The first-order valence-electron chi connectivity index (χ1n) is 2.15. The largest absolute Gasteiger partial charge is 1.00 e. The van der Waals surface area contributed by atoms with Crippen molar-refractivity contribution in [2.24, 2.45) is 0 Å². The molecular formula is C2H11Na3O7S2. The Hall–Kier alpha value is 2.94. The zero-order valence-corrected chi connectivity index (χ0v) is 15.9. The summed E-state index contributed by atoms with van der Waals surface area (Å²) in [5.74, 6) is -0.576. The number of aliphatic hydroxyl groups excluding tert-OH is 1. The predicted octanol–water partition coefficient (Wildman–Crippen LogP) is -10.1. The fraction of sp³-hybridized carbons (Fsp3) is 1.00. The van der Waals surface area contributed by atoms with Gasteiger partial charge >= 0.3 is 88.7 Å². The normalized spacial score (nSPS) is 8.36. The third-order valence-electron chi connectivity index (χ3n) is 0.349. The van der Waals surface area contributed by atoms with Gasteiger partial charge in [0.25, 0.3) is 21.5 Å². The Labute approximate surface area is 156 Å². The van der Waals surface area contributed by atoms with Crippen molar-refractivity contribution in [2.75, 3.05) is 12.4 Å². The van der Waals surface area contributed by atoms with Crippen molar-refractivity contribution in [3.63, 3.8) is 0 Å². The summed E-state index contributed by atoms with van der Waals surface area (Å²) in [6.07, 6.45) is 0. The van der Waals surface area contributed by atoms with Gasteiger partial charge in [-0.1, -0.05) is 0 Å². The van der Waals surface area contributed by atoms with Gasteiger partial charge in [-0.2, -0.15) is 12.6 Å². The van der Waals surface area contributed by atoms with Crippen molar-refractivity contribution in [2.45, 2.75) is 0 Å². The minimum atomic E-state index is -3.92. The molecule has 0 bridgehead atoms. The average Bonchev–Trinajstić information content (AvgIpc) is 1.58. The molecule has 0 aliphatic rings. The van der Waals surface area contributed by atoms with Crippen LogP contribution in [0.3, 0.4) is 0 Å². The van der Waals surface area contributed by atoms with Gasteiger partial charge in [0.15, 0.2) is 0 Å². The van der Waals surface area contributed by atoms with Gasteiger partial charge in [-0.05, 0) is 0 Å². The first-order valence-corrected chi connectivity index (χ1v) is 4.83. The van der Waals surface area contributed by atoms with E-state index in [9.17, 15) is 8.42 Å². The van der Waals surface area contributed by atoms with Gasteiger partial charge in [0.1, 0.15) is 0 Å². The molecule has 0 radical (unpaired) electrons. The van der Waals surface area contributed by atoms with Crippen LogP contribution in [-0.4, -0.2) is 43.8 Å². The van der Waals surface area contributed by atoms with Gasteiger partial charge in [-0.25, -0.2) is 0 Å². The zero-order valence-electron chi connectivity index (χ0n) is 11.2. The van der Waals surface area contributed by atoms with Gasteiger partial charge in [0.05, 0.1) is 12.4 Å². The summed E-state index contributed by atoms with van der Waals surface area (Å²) in [6.45, 7) is -0.529. The van der Waals surface area contributed by atoms with Crippen LogP contribution in [0.2, 0.25) is 0 Å². The topological polar surface area (TPSA) is 132 Å². The summed E-state index contributed by atoms with van der Waals surface area (Å²) in [5, 5.41) is 7.86. The maximum Gasteiger partial charge on any atom is 1.00 e. The summed E-state index contributed by atoms with van der Waals surface area (Å²) in [4.78, 5) is 0. The monoisotopic (exact) mass is 280 g/mol. The van der Waals surface area contributed by atoms with E-state index in [1.165, 1.54) is 0 Å². The van der Waals surface area contributed by atoms with Crippen molar-refractivity contribution in [1.29, 1.82) is 0 Å². The molecule has 0 atom stereocenters. The third-order valence-corrected chi connectivity index (χ3v) is 1.05. The van der Waals surface area contributed by atoms with E-state index in [4.69, 9.17) is 23.0 Å². The van der Waals surface area contributed by atoms with E-state index in [1.54, 1.807) is 0 Å². The van der Waals surface area contributed by atoms with E-state index in [0.717, 1.165) is 0 Å². The van der Waals surface area contributed by atoms with E-state index < -0.39 is 33.8 Å². The Morgan fingerprint density at radius 1 is 1.14 bits per heavy atom. The number of rotatable bonds is 2. The van der Waals surface area contributed by atoms with Crippen molar-refractivity contribution in [3.8, 4) is 0 Å². The van der Waals surface area contributed by atoms with E-state index in [2.05, 4.69) is 0 Å². The molecule has 12 heteroatoms. The van der Waals surface area contributed by atoms with Crippen LogP contribution >= 0.6 is 0 Å². The Morgan fingerprint density at radius 3 is 1.36 bits per heavy atom. The van der Waals surface area contributed by atoms with Crippen LogP contribution in [-0.2, 0) is 21.5 Å². The summed E-state index contributed by atoms with van der Waals surface area (Å²) in [7, 11) is -3.92. The van der Waals surface area contributed by atoms with Crippen molar-refractivity contribution < 1.29 is 124 Å². The minimum Gasteiger partial charge on any atom is -1.00 e. The number of aliphatic hydroxyl groups is 1. The maximum absolute atomic E-state index is 9.63. The Bertz CT molecular complexity index is 210. The van der Waals surface area contributed by atoms with Crippen LogP contribution in [0.15, 0.2) is 0 Å². The molecular weight excluding hydrogens is 269 g/mol. The molecule has 0 rings (SSSR count). The third kappa shape index (κ3) is 60.3. The first-order chi connectivity index (χ1) is 4.79. The molecule has 0 aliphatic heterocycles. The molecule has 0 saturated heterocycles. The molecule has 0 aliphatic carbocycles. The van der Waals surface area contributed by atoms with Crippen LogP contribution in [0.1, 0.15) is 4.28 Å². The zero-order chi connectivity index (χ0) is 9.49. The van der Waals surface area contributed by atoms with Crippen molar-refractivity contribution in [1.82, 2.24) is 0 Å². The summed E-state index contributed by atoms with van der Waals surface area (Å²) in [6, 6.07) is 0. The smallest absolute Gasteiger partial charge is 1.00 e. The molecule has 0 aromatic carbocycles. The van der Waals surface area contributed by atoms with E-state index in [-0.39, 0.29) is 93.0 Å². The Kier molecular flexibility index (Phi) is 39.5. The molecule has 0 aromatic rings. The Morgan fingerprint density at radius 2 is 1.36 bits per heavy atom. The van der Waals surface area contributed by atoms with Crippen molar-refractivity contribution >= 4 is 21.5 Å². The second kappa shape index (κ2) is 18.3. The van der Waals surface area contributed by atoms with Crippen LogP contribution in [0.4, 0.5) is 0 Å². The summed E-state index contributed by atoms with van der Waals surface area (Å²) < 4.78 is 49.9. The van der Waals surface area contributed by atoms with Crippen LogP contribution in [0.5, 0.6) is 0 Å². The quantitative estimate of drug-likeness (QED) is 0.224. The van der Waals surface area contributed by atoms with Crippen LogP contribution in [0, 0.1) is 0 Å². The molecule has 0 amide bonds. The van der Waals surface area contributed by atoms with Gasteiger partial charge in [0, 0.05) is 0 Å². The maximum atomic E-state index is 9.63. The number of hydrogen-bond donors (Lipinski definition) is 4. The van der Waals surface area contributed by atoms with Gasteiger partial charge in [0.2, 0.25) is 0 Å². The molecule has 0 aromatic heterocycles. The fourth-order valence-electron chi connectivity index (χ4n) is 0.115. The molecule has 0 heterocycles. The SMILES string of the molecule is O=S(=O)(O)CCO.O=S(O)O.[H-].[H-].[H-].[Na+].[Na+].[Na+]. The molecule has 0 fully saturated rings.